The third-order valence-electron chi connectivity index (χ3n) is 5.13. The summed E-state index contributed by atoms with van der Waals surface area (Å²) in [5.74, 6) is 0.841. The van der Waals surface area contributed by atoms with Crippen LogP contribution in [0.15, 0.2) is 67.1 Å². The first-order valence-electron chi connectivity index (χ1n) is 9.43. The third kappa shape index (κ3) is 3.92. The van der Waals surface area contributed by atoms with Crippen LogP contribution in [0, 0.1) is 0 Å². The molecule has 1 aromatic carbocycles. The minimum Gasteiger partial charge on any atom is -0.497 e. The van der Waals surface area contributed by atoms with Crippen molar-refractivity contribution < 1.29 is 9.53 Å². The number of nitrogens with one attached hydrogen (secondary N) is 1. The summed E-state index contributed by atoms with van der Waals surface area (Å²) in [5, 5.41) is 3.02. The van der Waals surface area contributed by atoms with Gasteiger partial charge in [0.15, 0.2) is 0 Å². The molecule has 1 amide bonds. The molecule has 3 heterocycles. The molecule has 0 spiro atoms. The van der Waals surface area contributed by atoms with Gasteiger partial charge in [-0.25, -0.2) is 0 Å². The van der Waals surface area contributed by atoms with Crippen LogP contribution in [0.4, 0.5) is 0 Å². The molecule has 0 saturated carbocycles. The molecule has 1 aliphatic heterocycles. The van der Waals surface area contributed by atoms with Gasteiger partial charge in [0, 0.05) is 43.9 Å². The largest absolute Gasteiger partial charge is 0.497 e. The first-order valence-corrected chi connectivity index (χ1v) is 9.43. The molecule has 1 unspecified atom stereocenters. The van der Waals surface area contributed by atoms with Crippen molar-refractivity contribution in [3.63, 3.8) is 0 Å². The summed E-state index contributed by atoms with van der Waals surface area (Å²) in [5.41, 5.74) is 3.36. The van der Waals surface area contributed by atoms with Gasteiger partial charge < -0.3 is 14.6 Å². The standard InChI is InChI=1S/C22H24N4O2/c1-28-19-5-2-4-18(14-19)22-20-6-3-11-25(20)12-13-26(22)16-21(27)24-15-17-7-9-23-10-8-17/h2-11,14,22H,12-13,15-16H2,1H3,(H,24,27). The summed E-state index contributed by atoms with van der Waals surface area (Å²) in [6.45, 7) is 2.54. The molecule has 1 atom stereocenters. The van der Waals surface area contributed by atoms with Crippen LogP contribution in [0.25, 0.3) is 0 Å². The van der Waals surface area contributed by atoms with Gasteiger partial charge in [-0.05, 0) is 47.5 Å². The number of carbonyl (C=O) groups is 1. The quantitative estimate of drug-likeness (QED) is 0.718. The number of hydrogen-bond acceptors (Lipinski definition) is 4. The van der Waals surface area contributed by atoms with Crippen LogP contribution in [0.5, 0.6) is 5.75 Å². The first-order chi connectivity index (χ1) is 13.7. The Morgan fingerprint density at radius 2 is 2.04 bits per heavy atom. The summed E-state index contributed by atoms with van der Waals surface area (Å²) < 4.78 is 7.67. The highest BCUT2D eigenvalue weighted by molar-refractivity contribution is 5.78. The minimum atomic E-state index is 0.0183. The first kappa shape index (κ1) is 18.3. The van der Waals surface area contributed by atoms with Crippen molar-refractivity contribution in [2.75, 3.05) is 20.2 Å². The smallest absolute Gasteiger partial charge is 0.234 e. The van der Waals surface area contributed by atoms with Gasteiger partial charge in [-0.2, -0.15) is 0 Å². The van der Waals surface area contributed by atoms with Crippen LogP contribution < -0.4 is 10.1 Å². The second-order valence-electron chi connectivity index (χ2n) is 6.91. The highest BCUT2D eigenvalue weighted by atomic mass is 16.5. The fourth-order valence-electron chi connectivity index (χ4n) is 3.74. The number of ether oxygens (including phenoxy) is 1. The third-order valence-corrected chi connectivity index (χ3v) is 5.13. The Balaban J connectivity index is 1.52. The van der Waals surface area contributed by atoms with E-state index < -0.39 is 0 Å². The van der Waals surface area contributed by atoms with Crippen LogP contribution in [0.3, 0.4) is 0 Å². The number of carbonyl (C=O) groups excluding carboxylic acids is 1. The van der Waals surface area contributed by atoms with E-state index in [0.29, 0.717) is 13.1 Å². The van der Waals surface area contributed by atoms with Gasteiger partial charge in [0.1, 0.15) is 5.75 Å². The maximum Gasteiger partial charge on any atom is 0.234 e. The van der Waals surface area contributed by atoms with E-state index in [9.17, 15) is 4.79 Å². The molecule has 6 heteroatoms. The van der Waals surface area contributed by atoms with Crippen molar-refractivity contribution in [1.29, 1.82) is 0 Å². The maximum absolute atomic E-state index is 12.6. The number of nitrogens with zero attached hydrogens (tertiary/aromatic N) is 3. The molecular weight excluding hydrogens is 352 g/mol. The van der Waals surface area contributed by atoms with Crippen LogP contribution in [0.2, 0.25) is 0 Å². The van der Waals surface area contributed by atoms with Gasteiger partial charge in [0.05, 0.1) is 19.7 Å². The molecular formula is C22H24N4O2. The Labute approximate surface area is 164 Å². The molecule has 144 valence electrons. The van der Waals surface area contributed by atoms with Crippen molar-refractivity contribution in [1.82, 2.24) is 19.8 Å². The molecule has 6 nitrogen and oxygen atoms in total. The summed E-state index contributed by atoms with van der Waals surface area (Å²) in [6, 6.07) is 16.1. The molecule has 1 N–H and O–H groups in total. The monoisotopic (exact) mass is 376 g/mol. The van der Waals surface area contributed by atoms with E-state index in [4.69, 9.17) is 4.74 Å². The van der Waals surface area contributed by atoms with Crippen molar-refractivity contribution >= 4 is 5.91 Å². The Hall–Kier alpha value is -3.12. The zero-order valence-corrected chi connectivity index (χ0v) is 15.9. The Morgan fingerprint density at radius 3 is 2.86 bits per heavy atom. The van der Waals surface area contributed by atoms with Crippen molar-refractivity contribution in [2.24, 2.45) is 0 Å². The normalized spacial score (nSPS) is 16.4. The zero-order chi connectivity index (χ0) is 19.3. The SMILES string of the molecule is COc1cccc(C2c3cccn3CCN2CC(=O)NCc2ccncc2)c1. The van der Waals surface area contributed by atoms with E-state index in [-0.39, 0.29) is 11.9 Å². The molecule has 0 radical (unpaired) electrons. The van der Waals surface area contributed by atoms with E-state index in [1.165, 1.54) is 5.69 Å². The van der Waals surface area contributed by atoms with Gasteiger partial charge in [-0.15, -0.1) is 0 Å². The predicted molar refractivity (Wildman–Crippen MR) is 107 cm³/mol. The topological polar surface area (TPSA) is 59.4 Å². The Morgan fingerprint density at radius 1 is 1.18 bits per heavy atom. The average molecular weight is 376 g/mol. The number of aromatic nitrogens is 2. The highest BCUT2D eigenvalue weighted by Crippen LogP contribution is 2.33. The van der Waals surface area contributed by atoms with Crippen LogP contribution in [-0.4, -0.2) is 40.6 Å². The van der Waals surface area contributed by atoms with E-state index >= 15 is 0 Å². The Kier molecular flexibility index (Phi) is 5.39. The van der Waals surface area contributed by atoms with E-state index in [2.05, 4.69) is 50.2 Å². The fourth-order valence-corrected chi connectivity index (χ4v) is 3.74. The molecule has 0 saturated heterocycles. The van der Waals surface area contributed by atoms with Crippen LogP contribution in [-0.2, 0) is 17.9 Å². The van der Waals surface area contributed by atoms with Gasteiger partial charge in [0.2, 0.25) is 5.91 Å². The van der Waals surface area contributed by atoms with Crippen molar-refractivity contribution in [3.8, 4) is 5.75 Å². The molecule has 0 fully saturated rings. The molecule has 0 aliphatic carbocycles. The van der Waals surface area contributed by atoms with Crippen LogP contribution in [0.1, 0.15) is 22.9 Å². The molecule has 28 heavy (non-hydrogen) atoms. The second kappa shape index (κ2) is 8.27. The Bertz CT molecular complexity index is 938. The molecule has 0 bridgehead atoms. The number of hydrogen-bond donors (Lipinski definition) is 1. The van der Waals surface area contributed by atoms with E-state index in [1.54, 1.807) is 19.5 Å². The fraction of sp³-hybridized carbons (Fsp3) is 0.273. The number of methoxy groups -OCH3 is 1. The van der Waals surface area contributed by atoms with Gasteiger partial charge in [-0.1, -0.05) is 12.1 Å². The summed E-state index contributed by atoms with van der Waals surface area (Å²) in [4.78, 5) is 18.9. The van der Waals surface area contributed by atoms with E-state index in [0.717, 1.165) is 30.0 Å². The summed E-state index contributed by atoms with van der Waals surface area (Å²) in [7, 11) is 1.67. The summed E-state index contributed by atoms with van der Waals surface area (Å²) >= 11 is 0. The lowest BCUT2D eigenvalue weighted by Gasteiger charge is -2.37. The van der Waals surface area contributed by atoms with Gasteiger partial charge in [-0.3, -0.25) is 14.7 Å². The lowest BCUT2D eigenvalue weighted by Crippen LogP contribution is -2.44. The molecule has 3 aromatic rings. The number of fused-ring (bicyclic) bond motifs is 1. The van der Waals surface area contributed by atoms with E-state index in [1.807, 2.05) is 24.3 Å². The number of benzene rings is 1. The van der Waals surface area contributed by atoms with Crippen LogP contribution >= 0.6 is 0 Å². The number of pyridine rings is 1. The maximum atomic E-state index is 12.6. The average Bonchev–Trinajstić information content (AvgIpc) is 3.21. The van der Waals surface area contributed by atoms with Gasteiger partial charge >= 0.3 is 0 Å². The lowest BCUT2D eigenvalue weighted by atomic mass is 9.99. The lowest BCUT2D eigenvalue weighted by molar-refractivity contribution is -0.123. The molecule has 1 aliphatic rings. The van der Waals surface area contributed by atoms with Crippen molar-refractivity contribution in [2.45, 2.75) is 19.1 Å². The number of amides is 1. The van der Waals surface area contributed by atoms with Gasteiger partial charge in [0.25, 0.3) is 0 Å². The summed E-state index contributed by atoms with van der Waals surface area (Å²) in [6.07, 6.45) is 5.57. The van der Waals surface area contributed by atoms with Crippen molar-refractivity contribution in [3.05, 3.63) is 83.9 Å². The highest BCUT2D eigenvalue weighted by Gasteiger charge is 2.30. The number of rotatable bonds is 6. The molecule has 4 rings (SSSR count). The molecule has 2 aromatic heterocycles. The second-order valence-corrected chi connectivity index (χ2v) is 6.91. The zero-order valence-electron chi connectivity index (χ0n) is 15.9. The predicted octanol–water partition coefficient (Wildman–Crippen LogP) is 2.61. The minimum absolute atomic E-state index is 0.0183.